The van der Waals surface area contributed by atoms with Crippen LogP contribution >= 0.6 is 15.9 Å². The molecule has 11 heteroatoms. The van der Waals surface area contributed by atoms with E-state index >= 15 is 0 Å². The van der Waals surface area contributed by atoms with Crippen LogP contribution in [-0.2, 0) is 27.5 Å². The number of anilines is 1. The molecule has 2 aromatic carbocycles. The summed E-state index contributed by atoms with van der Waals surface area (Å²) < 4.78 is 65.0. The molecular weight excluding hydrogens is 523 g/mol. The van der Waals surface area contributed by atoms with Gasteiger partial charge in [0.15, 0.2) is 0 Å². The maximum Gasteiger partial charge on any atom is 0.416 e. The van der Waals surface area contributed by atoms with E-state index in [4.69, 9.17) is 5.41 Å². The van der Waals surface area contributed by atoms with Gasteiger partial charge in [-0.25, -0.2) is 8.42 Å². The van der Waals surface area contributed by atoms with E-state index in [0.29, 0.717) is 34.1 Å². The third-order valence-electron chi connectivity index (χ3n) is 4.90. The fraction of sp³-hybridized carbons (Fsp3) is 0.364. The first kappa shape index (κ1) is 26.8. The van der Waals surface area contributed by atoms with Gasteiger partial charge in [0.25, 0.3) is 0 Å². The van der Waals surface area contributed by atoms with Crippen LogP contribution in [0.4, 0.5) is 18.9 Å². The molecule has 180 valence electrons. The monoisotopic (exact) mass is 547 g/mol. The SMILES string of the molecule is CCCC(=N)c1cc(C(F)(F)F)ccc1CNC(=O)C(C)c1ccc(NS(C)(=O)=O)c(Br)c1. The summed E-state index contributed by atoms with van der Waals surface area (Å²) in [7, 11) is -3.46. The second kappa shape index (κ2) is 10.7. The summed E-state index contributed by atoms with van der Waals surface area (Å²) in [5, 5.41) is 10.9. The van der Waals surface area contributed by atoms with Crippen molar-refractivity contribution in [1.82, 2.24) is 5.32 Å². The van der Waals surface area contributed by atoms with Gasteiger partial charge in [-0.2, -0.15) is 13.2 Å². The lowest BCUT2D eigenvalue weighted by molar-refractivity contribution is -0.137. The highest BCUT2D eigenvalue weighted by Gasteiger charge is 2.31. The van der Waals surface area contributed by atoms with Crippen molar-refractivity contribution >= 4 is 43.3 Å². The molecular formula is C22H25BrF3N3O3S. The van der Waals surface area contributed by atoms with Gasteiger partial charge in [0.05, 0.1) is 23.4 Å². The summed E-state index contributed by atoms with van der Waals surface area (Å²) in [6.45, 7) is 3.46. The Balaban J connectivity index is 2.19. The molecule has 0 aromatic heterocycles. The van der Waals surface area contributed by atoms with Crippen LogP contribution in [0.3, 0.4) is 0 Å². The predicted molar refractivity (Wildman–Crippen MR) is 126 cm³/mol. The zero-order valence-corrected chi connectivity index (χ0v) is 20.7. The normalized spacial score (nSPS) is 12.8. The Labute approximate surface area is 199 Å². The number of benzene rings is 2. The van der Waals surface area contributed by atoms with Crippen molar-refractivity contribution in [2.24, 2.45) is 0 Å². The third-order valence-corrected chi connectivity index (χ3v) is 6.14. The average Bonchev–Trinajstić information content (AvgIpc) is 2.71. The highest BCUT2D eigenvalue weighted by atomic mass is 79.9. The van der Waals surface area contributed by atoms with Gasteiger partial charge in [-0.15, -0.1) is 0 Å². The van der Waals surface area contributed by atoms with E-state index in [0.717, 1.165) is 18.4 Å². The maximum absolute atomic E-state index is 13.1. The summed E-state index contributed by atoms with van der Waals surface area (Å²) in [6.07, 6.45) is -2.57. The molecule has 0 aliphatic carbocycles. The van der Waals surface area contributed by atoms with Gasteiger partial charge in [-0.3, -0.25) is 9.52 Å². The van der Waals surface area contributed by atoms with Gasteiger partial charge in [-0.05, 0) is 64.7 Å². The number of hydrogen-bond acceptors (Lipinski definition) is 4. The molecule has 0 spiro atoms. The molecule has 2 rings (SSSR count). The number of halogens is 4. The highest BCUT2D eigenvalue weighted by molar-refractivity contribution is 9.10. The number of nitrogens with one attached hydrogen (secondary N) is 3. The van der Waals surface area contributed by atoms with E-state index in [2.05, 4.69) is 26.0 Å². The van der Waals surface area contributed by atoms with Crippen LogP contribution in [0.25, 0.3) is 0 Å². The number of alkyl halides is 3. The van der Waals surface area contributed by atoms with Gasteiger partial charge in [0.2, 0.25) is 15.9 Å². The number of carbonyl (C=O) groups excluding carboxylic acids is 1. The highest BCUT2D eigenvalue weighted by Crippen LogP contribution is 2.31. The van der Waals surface area contributed by atoms with E-state index < -0.39 is 27.7 Å². The molecule has 2 aromatic rings. The third kappa shape index (κ3) is 7.56. The molecule has 3 N–H and O–H groups in total. The Hall–Kier alpha value is -2.40. The molecule has 1 atom stereocenters. The fourth-order valence-electron chi connectivity index (χ4n) is 3.14. The Morgan fingerprint density at radius 2 is 1.85 bits per heavy atom. The zero-order valence-electron chi connectivity index (χ0n) is 18.3. The van der Waals surface area contributed by atoms with E-state index in [-0.39, 0.29) is 23.7 Å². The Bertz CT molecular complexity index is 1150. The molecule has 0 saturated heterocycles. The Morgan fingerprint density at radius 1 is 1.18 bits per heavy atom. The minimum absolute atomic E-state index is 0.0301. The number of amides is 1. The number of carbonyl (C=O) groups is 1. The van der Waals surface area contributed by atoms with Crippen molar-refractivity contribution in [2.45, 2.75) is 45.3 Å². The number of sulfonamides is 1. The zero-order chi connectivity index (χ0) is 25.0. The molecule has 0 radical (unpaired) electrons. The minimum Gasteiger partial charge on any atom is -0.351 e. The summed E-state index contributed by atoms with van der Waals surface area (Å²) in [4.78, 5) is 12.7. The lowest BCUT2D eigenvalue weighted by atomic mass is 9.96. The van der Waals surface area contributed by atoms with Crippen molar-refractivity contribution in [2.75, 3.05) is 11.0 Å². The van der Waals surface area contributed by atoms with Crippen molar-refractivity contribution in [3.05, 3.63) is 63.1 Å². The summed E-state index contributed by atoms with van der Waals surface area (Å²) in [5.41, 5.74) is 0.783. The summed E-state index contributed by atoms with van der Waals surface area (Å²) >= 11 is 3.28. The summed E-state index contributed by atoms with van der Waals surface area (Å²) in [5.74, 6) is -0.972. The second-order valence-corrected chi connectivity index (χ2v) is 10.3. The van der Waals surface area contributed by atoms with Gasteiger partial charge < -0.3 is 10.7 Å². The van der Waals surface area contributed by atoms with Gasteiger partial charge in [0.1, 0.15) is 0 Å². The molecule has 1 unspecified atom stereocenters. The molecule has 0 aliphatic heterocycles. The molecule has 0 aliphatic rings. The lowest BCUT2D eigenvalue weighted by Crippen LogP contribution is -2.28. The number of rotatable bonds is 9. The average molecular weight is 548 g/mol. The first-order valence-electron chi connectivity index (χ1n) is 10.1. The second-order valence-electron chi connectivity index (χ2n) is 7.65. The Kier molecular flexibility index (Phi) is 8.69. The molecule has 1 amide bonds. The minimum atomic E-state index is -4.52. The quantitative estimate of drug-likeness (QED) is 0.365. The lowest BCUT2D eigenvalue weighted by Gasteiger charge is -2.17. The van der Waals surface area contributed by atoms with E-state index in [1.807, 2.05) is 6.92 Å². The van der Waals surface area contributed by atoms with E-state index in [1.54, 1.807) is 19.1 Å². The van der Waals surface area contributed by atoms with Gasteiger partial charge in [-0.1, -0.05) is 25.5 Å². The molecule has 0 heterocycles. The molecule has 6 nitrogen and oxygen atoms in total. The summed E-state index contributed by atoms with van der Waals surface area (Å²) in [6, 6.07) is 7.95. The smallest absolute Gasteiger partial charge is 0.351 e. The van der Waals surface area contributed by atoms with Crippen molar-refractivity contribution in [1.29, 1.82) is 5.41 Å². The van der Waals surface area contributed by atoms with Crippen molar-refractivity contribution < 1.29 is 26.4 Å². The van der Waals surface area contributed by atoms with Crippen molar-refractivity contribution in [3.8, 4) is 0 Å². The van der Waals surface area contributed by atoms with E-state index in [9.17, 15) is 26.4 Å². The van der Waals surface area contributed by atoms with Gasteiger partial charge in [0, 0.05) is 22.3 Å². The largest absolute Gasteiger partial charge is 0.416 e. The van der Waals surface area contributed by atoms with Crippen LogP contribution in [0.5, 0.6) is 0 Å². The van der Waals surface area contributed by atoms with Crippen LogP contribution in [-0.4, -0.2) is 26.3 Å². The maximum atomic E-state index is 13.1. The standard InChI is InChI=1S/C22H25BrF3N3O3S/c1-4-5-19(27)17-11-16(22(24,25)26)8-6-15(17)12-28-21(30)13(2)14-7-9-20(18(23)10-14)29-33(3,31)32/h6-11,13,27,29H,4-5,12H2,1-3H3,(H,28,30). The Morgan fingerprint density at radius 3 is 2.39 bits per heavy atom. The molecule has 0 fully saturated rings. The molecule has 0 bridgehead atoms. The first-order chi connectivity index (χ1) is 15.2. The van der Waals surface area contributed by atoms with E-state index in [1.165, 1.54) is 12.1 Å². The fourth-order valence-corrected chi connectivity index (χ4v) is 4.35. The molecule has 0 saturated carbocycles. The van der Waals surface area contributed by atoms with Crippen molar-refractivity contribution in [3.63, 3.8) is 0 Å². The topological polar surface area (TPSA) is 99.1 Å². The van der Waals surface area contributed by atoms with Crippen LogP contribution in [0.1, 0.15) is 54.9 Å². The van der Waals surface area contributed by atoms with Crippen LogP contribution in [0, 0.1) is 5.41 Å². The number of hydrogen-bond donors (Lipinski definition) is 3. The van der Waals surface area contributed by atoms with Crippen LogP contribution in [0.2, 0.25) is 0 Å². The predicted octanol–water partition coefficient (Wildman–Crippen LogP) is 5.43. The van der Waals surface area contributed by atoms with Crippen LogP contribution in [0.15, 0.2) is 40.9 Å². The first-order valence-corrected chi connectivity index (χ1v) is 12.7. The van der Waals surface area contributed by atoms with Crippen LogP contribution < -0.4 is 10.0 Å². The van der Waals surface area contributed by atoms with Gasteiger partial charge >= 0.3 is 6.18 Å². The molecule has 33 heavy (non-hydrogen) atoms.